The predicted octanol–water partition coefficient (Wildman–Crippen LogP) is 2.89. The van der Waals surface area contributed by atoms with E-state index in [2.05, 4.69) is 16.5 Å². The summed E-state index contributed by atoms with van der Waals surface area (Å²) in [5.74, 6) is 0.268. The number of rotatable bonds is 7. The topological polar surface area (TPSA) is 93.9 Å². The first-order valence-corrected chi connectivity index (χ1v) is 9.96. The molecule has 1 N–H and O–H groups in total. The highest BCUT2D eigenvalue weighted by atomic mass is 16.5. The van der Waals surface area contributed by atoms with E-state index in [9.17, 15) is 9.59 Å². The van der Waals surface area contributed by atoms with Gasteiger partial charge in [0.1, 0.15) is 24.7 Å². The molecule has 0 saturated heterocycles. The number of nitrogens with one attached hydrogen (secondary N) is 1. The normalized spacial score (nSPS) is 12.9. The SMILES string of the molecule is COc1ccccc1-c1cc(NC(=O)COCC(=O)N2CCc3ccccc3C2)on1. The van der Waals surface area contributed by atoms with Crippen LogP contribution in [-0.2, 0) is 27.3 Å². The number of nitrogens with zero attached hydrogens (tertiary/aromatic N) is 2. The number of hydrogen-bond acceptors (Lipinski definition) is 6. The number of amides is 2. The van der Waals surface area contributed by atoms with Crippen molar-refractivity contribution in [3.8, 4) is 17.0 Å². The molecule has 2 aromatic carbocycles. The molecule has 0 aliphatic carbocycles. The molecule has 2 amide bonds. The van der Waals surface area contributed by atoms with E-state index in [0.29, 0.717) is 24.5 Å². The summed E-state index contributed by atoms with van der Waals surface area (Å²) in [6.07, 6.45) is 0.822. The van der Waals surface area contributed by atoms with Gasteiger partial charge in [-0.25, -0.2) is 0 Å². The van der Waals surface area contributed by atoms with Crippen LogP contribution >= 0.6 is 0 Å². The molecule has 160 valence electrons. The number of fused-ring (bicyclic) bond motifs is 1. The first kappa shape index (κ1) is 20.6. The van der Waals surface area contributed by atoms with Crippen LogP contribution in [0.1, 0.15) is 11.1 Å². The third-order valence-corrected chi connectivity index (χ3v) is 5.10. The Morgan fingerprint density at radius 2 is 1.87 bits per heavy atom. The standard InChI is InChI=1S/C23H23N3O5/c1-29-20-9-5-4-8-18(20)19-12-22(31-25-19)24-21(27)14-30-15-23(28)26-11-10-16-6-2-3-7-17(16)13-26/h2-9,12H,10-11,13-15H2,1H3,(H,24,27). The largest absolute Gasteiger partial charge is 0.496 e. The van der Waals surface area contributed by atoms with Crippen LogP contribution in [0.4, 0.5) is 5.88 Å². The molecule has 0 bridgehead atoms. The van der Waals surface area contributed by atoms with Gasteiger partial charge in [-0.05, 0) is 29.7 Å². The van der Waals surface area contributed by atoms with Gasteiger partial charge in [-0.1, -0.05) is 41.6 Å². The third-order valence-electron chi connectivity index (χ3n) is 5.10. The number of hydrogen-bond donors (Lipinski definition) is 1. The molecule has 8 heteroatoms. The molecule has 0 atom stereocenters. The number of aromatic nitrogens is 1. The molecule has 1 aliphatic rings. The third kappa shape index (κ3) is 4.92. The molecule has 4 rings (SSSR count). The second kappa shape index (κ2) is 9.44. The Hall–Kier alpha value is -3.65. The van der Waals surface area contributed by atoms with Gasteiger partial charge in [-0.3, -0.25) is 14.9 Å². The van der Waals surface area contributed by atoms with Crippen LogP contribution < -0.4 is 10.1 Å². The van der Waals surface area contributed by atoms with Gasteiger partial charge in [-0.2, -0.15) is 0 Å². The maximum absolute atomic E-state index is 12.4. The van der Waals surface area contributed by atoms with Crippen molar-refractivity contribution in [2.24, 2.45) is 0 Å². The van der Waals surface area contributed by atoms with Crippen LogP contribution in [0.5, 0.6) is 5.75 Å². The highest BCUT2D eigenvalue weighted by Gasteiger charge is 2.20. The molecule has 0 radical (unpaired) electrons. The summed E-state index contributed by atoms with van der Waals surface area (Å²) in [6, 6.07) is 17.1. The van der Waals surface area contributed by atoms with Gasteiger partial charge in [0.05, 0.1) is 7.11 Å². The molecule has 0 saturated carbocycles. The second-order valence-electron chi connectivity index (χ2n) is 7.15. The Kier molecular flexibility index (Phi) is 6.28. The number of para-hydroxylation sites is 1. The smallest absolute Gasteiger partial charge is 0.252 e. The lowest BCUT2D eigenvalue weighted by atomic mass is 10.00. The minimum absolute atomic E-state index is 0.138. The molecule has 1 aromatic heterocycles. The summed E-state index contributed by atoms with van der Waals surface area (Å²) < 4.78 is 15.8. The molecular weight excluding hydrogens is 398 g/mol. The van der Waals surface area contributed by atoms with Gasteiger partial charge in [0.25, 0.3) is 5.91 Å². The molecule has 0 unspecified atom stereocenters. The molecular formula is C23H23N3O5. The minimum Gasteiger partial charge on any atom is -0.496 e. The highest BCUT2D eigenvalue weighted by Crippen LogP contribution is 2.30. The fraction of sp³-hybridized carbons (Fsp3) is 0.261. The number of anilines is 1. The summed E-state index contributed by atoms with van der Waals surface area (Å²) in [5.41, 5.74) is 3.70. The van der Waals surface area contributed by atoms with Gasteiger partial charge >= 0.3 is 0 Å². The summed E-state index contributed by atoms with van der Waals surface area (Å²) in [7, 11) is 1.57. The van der Waals surface area contributed by atoms with E-state index in [1.54, 1.807) is 18.1 Å². The molecule has 0 spiro atoms. The van der Waals surface area contributed by atoms with Crippen LogP contribution in [0.2, 0.25) is 0 Å². The second-order valence-corrected chi connectivity index (χ2v) is 7.15. The Bertz CT molecular complexity index is 1080. The maximum Gasteiger partial charge on any atom is 0.252 e. The lowest BCUT2D eigenvalue weighted by molar-refractivity contribution is -0.138. The zero-order valence-electron chi connectivity index (χ0n) is 17.2. The van der Waals surface area contributed by atoms with Crippen molar-refractivity contribution in [1.82, 2.24) is 10.1 Å². The van der Waals surface area contributed by atoms with E-state index in [1.165, 1.54) is 5.56 Å². The van der Waals surface area contributed by atoms with Gasteiger partial charge in [0.15, 0.2) is 0 Å². The van der Waals surface area contributed by atoms with Gasteiger partial charge in [0, 0.05) is 24.7 Å². The van der Waals surface area contributed by atoms with Crippen molar-refractivity contribution >= 4 is 17.7 Å². The number of methoxy groups -OCH3 is 1. The lowest BCUT2D eigenvalue weighted by Crippen LogP contribution is -2.38. The van der Waals surface area contributed by atoms with Crippen molar-refractivity contribution in [1.29, 1.82) is 0 Å². The molecule has 1 aliphatic heterocycles. The summed E-state index contributed by atoms with van der Waals surface area (Å²) in [6.45, 7) is 0.795. The minimum atomic E-state index is -0.431. The van der Waals surface area contributed by atoms with Crippen LogP contribution in [-0.4, -0.2) is 48.7 Å². The van der Waals surface area contributed by atoms with Gasteiger partial charge in [-0.15, -0.1) is 0 Å². The van der Waals surface area contributed by atoms with Crippen molar-refractivity contribution in [2.75, 3.05) is 32.2 Å². The van der Waals surface area contributed by atoms with Crippen LogP contribution in [0.25, 0.3) is 11.3 Å². The van der Waals surface area contributed by atoms with E-state index in [1.807, 2.05) is 42.5 Å². The van der Waals surface area contributed by atoms with Crippen LogP contribution in [0.15, 0.2) is 59.1 Å². The van der Waals surface area contributed by atoms with E-state index in [0.717, 1.165) is 17.5 Å². The zero-order chi connectivity index (χ0) is 21.6. The van der Waals surface area contributed by atoms with Crippen LogP contribution in [0.3, 0.4) is 0 Å². The number of ether oxygens (including phenoxy) is 2. The summed E-state index contributed by atoms with van der Waals surface area (Å²) in [5, 5.41) is 6.54. The molecule has 31 heavy (non-hydrogen) atoms. The predicted molar refractivity (Wildman–Crippen MR) is 114 cm³/mol. The van der Waals surface area contributed by atoms with E-state index in [4.69, 9.17) is 14.0 Å². The van der Waals surface area contributed by atoms with E-state index < -0.39 is 5.91 Å². The molecule has 2 heterocycles. The Labute approximate surface area is 179 Å². The van der Waals surface area contributed by atoms with E-state index >= 15 is 0 Å². The fourth-order valence-electron chi connectivity index (χ4n) is 3.52. The maximum atomic E-state index is 12.4. The van der Waals surface area contributed by atoms with Gasteiger partial charge in [0.2, 0.25) is 11.8 Å². The van der Waals surface area contributed by atoms with Crippen molar-refractivity contribution in [2.45, 2.75) is 13.0 Å². The first-order chi connectivity index (χ1) is 15.1. The quantitative estimate of drug-likeness (QED) is 0.631. The highest BCUT2D eigenvalue weighted by molar-refractivity contribution is 5.91. The van der Waals surface area contributed by atoms with Gasteiger partial charge < -0.3 is 18.9 Å². The number of carbonyl (C=O) groups excluding carboxylic acids is 2. The molecule has 8 nitrogen and oxygen atoms in total. The van der Waals surface area contributed by atoms with Crippen molar-refractivity contribution < 1.29 is 23.6 Å². The Morgan fingerprint density at radius 1 is 1.10 bits per heavy atom. The Balaban J connectivity index is 1.25. The Morgan fingerprint density at radius 3 is 2.71 bits per heavy atom. The van der Waals surface area contributed by atoms with Crippen molar-refractivity contribution in [3.63, 3.8) is 0 Å². The zero-order valence-corrected chi connectivity index (χ0v) is 17.2. The average Bonchev–Trinajstić information content (AvgIpc) is 3.26. The average molecular weight is 421 g/mol. The summed E-state index contributed by atoms with van der Waals surface area (Å²) >= 11 is 0. The van der Waals surface area contributed by atoms with Crippen molar-refractivity contribution in [3.05, 3.63) is 65.7 Å². The number of benzene rings is 2. The first-order valence-electron chi connectivity index (χ1n) is 9.96. The number of carbonyl (C=O) groups is 2. The van der Waals surface area contributed by atoms with Crippen LogP contribution in [0, 0.1) is 0 Å². The molecule has 3 aromatic rings. The van der Waals surface area contributed by atoms with E-state index in [-0.39, 0.29) is 25.0 Å². The molecule has 0 fully saturated rings. The lowest BCUT2D eigenvalue weighted by Gasteiger charge is -2.28. The summed E-state index contributed by atoms with van der Waals surface area (Å²) in [4.78, 5) is 26.3. The monoisotopic (exact) mass is 421 g/mol. The fourth-order valence-corrected chi connectivity index (χ4v) is 3.52.